The number of hydrogen-bond acceptors (Lipinski definition) is 3. The molecule has 0 radical (unpaired) electrons. The number of carbonyl (C=O) groups is 2. The largest absolute Gasteiger partial charge is 0.496 e. The van der Waals surface area contributed by atoms with E-state index in [0.29, 0.717) is 34.7 Å². The van der Waals surface area contributed by atoms with Crippen LogP contribution in [0, 0.1) is 12.3 Å². The lowest BCUT2D eigenvalue weighted by Crippen LogP contribution is -2.29. The van der Waals surface area contributed by atoms with E-state index >= 15 is 0 Å². The van der Waals surface area contributed by atoms with Gasteiger partial charge in [-0.15, -0.1) is 0 Å². The first-order chi connectivity index (χ1) is 9.03. The number of benzene rings is 1. The summed E-state index contributed by atoms with van der Waals surface area (Å²) in [6.07, 6.45) is 3.16. The number of ketones is 2. The van der Waals surface area contributed by atoms with Crippen molar-refractivity contribution >= 4 is 23.2 Å². The molecular weight excluding hydrogens is 264 g/mol. The zero-order valence-electron chi connectivity index (χ0n) is 11.0. The number of methoxy groups -OCH3 is 1. The third kappa shape index (κ3) is 1.45. The van der Waals surface area contributed by atoms with E-state index in [1.807, 2.05) is 0 Å². The van der Waals surface area contributed by atoms with E-state index in [-0.39, 0.29) is 11.6 Å². The van der Waals surface area contributed by atoms with Crippen LogP contribution in [0.4, 0.5) is 0 Å². The van der Waals surface area contributed by atoms with Gasteiger partial charge in [0.1, 0.15) is 5.75 Å². The molecule has 1 fully saturated rings. The van der Waals surface area contributed by atoms with Gasteiger partial charge in [0.25, 0.3) is 0 Å². The predicted molar refractivity (Wildman–Crippen MR) is 72.3 cm³/mol. The summed E-state index contributed by atoms with van der Waals surface area (Å²) in [7, 11) is 1.54. The zero-order chi connectivity index (χ0) is 13.8. The lowest BCUT2D eigenvalue weighted by atomic mass is 9.81. The van der Waals surface area contributed by atoms with Gasteiger partial charge in [-0.1, -0.05) is 24.4 Å². The second-order valence-corrected chi connectivity index (χ2v) is 5.77. The molecule has 4 heteroatoms. The number of ether oxygens (including phenoxy) is 1. The molecule has 1 aromatic carbocycles. The highest BCUT2D eigenvalue weighted by atomic mass is 35.5. The molecule has 0 atom stereocenters. The van der Waals surface area contributed by atoms with Crippen LogP contribution in [0.25, 0.3) is 0 Å². The first-order valence-electron chi connectivity index (χ1n) is 6.49. The average molecular weight is 279 g/mol. The topological polar surface area (TPSA) is 43.4 Å². The van der Waals surface area contributed by atoms with Crippen molar-refractivity contribution in [3.63, 3.8) is 0 Å². The van der Waals surface area contributed by atoms with E-state index in [1.165, 1.54) is 7.11 Å². The van der Waals surface area contributed by atoms with Gasteiger partial charge in [-0.2, -0.15) is 0 Å². The van der Waals surface area contributed by atoms with Crippen molar-refractivity contribution < 1.29 is 14.3 Å². The quantitative estimate of drug-likeness (QED) is 0.737. The van der Waals surface area contributed by atoms with Crippen molar-refractivity contribution in [2.45, 2.75) is 32.6 Å². The second kappa shape index (κ2) is 4.07. The Hall–Kier alpha value is -1.35. The van der Waals surface area contributed by atoms with Crippen LogP contribution < -0.4 is 4.74 Å². The van der Waals surface area contributed by atoms with Crippen LogP contribution in [0.5, 0.6) is 5.75 Å². The third-order valence-electron chi connectivity index (χ3n) is 4.48. The zero-order valence-corrected chi connectivity index (χ0v) is 11.8. The van der Waals surface area contributed by atoms with Gasteiger partial charge in [0, 0.05) is 16.7 Å². The summed E-state index contributed by atoms with van der Waals surface area (Å²) in [5.41, 5.74) is 0.746. The summed E-state index contributed by atoms with van der Waals surface area (Å²) in [6, 6.07) is 1.67. The molecule has 0 saturated heterocycles. The van der Waals surface area contributed by atoms with Crippen molar-refractivity contribution in [1.82, 2.24) is 0 Å². The number of rotatable bonds is 1. The van der Waals surface area contributed by atoms with Crippen LogP contribution in [-0.2, 0) is 0 Å². The van der Waals surface area contributed by atoms with Gasteiger partial charge in [0.05, 0.1) is 17.5 Å². The first kappa shape index (κ1) is 12.7. The number of fused-ring (bicyclic) bond motifs is 1. The monoisotopic (exact) mass is 278 g/mol. The van der Waals surface area contributed by atoms with Crippen molar-refractivity contribution in [3.05, 3.63) is 27.8 Å². The summed E-state index contributed by atoms with van der Waals surface area (Å²) in [5, 5.41) is 0.372. The predicted octanol–water partition coefficient (Wildman–Crippen LogP) is 3.60. The van der Waals surface area contributed by atoms with Gasteiger partial charge in [-0.3, -0.25) is 9.59 Å². The minimum Gasteiger partial charge on any atom is -0.496 e. The van der Waals surface area contributed by atoms with Crippen LogP contribution in [0.15, 0.2) is 6.07 Å². The molecule has 2 aliphatic rings. The summed E-state index contributed by atoms with van der Waals surface area (Å²) >= 11 is 6.29. The average Bonchev–Trinajstić information content (AvgIpc) is 2.96. The Bertz CT molecular complexity index is 598. The van der Waals surface area contributed by atoms with Gasteiger partial charge >= 0.3 is 0 Å². The smallest absolute Gasteiger partial charge is 0.179 e. The van der Waals surface area contributed by atoms with Gasteiger partial charge < -0.3 is 4.74 Å². The highest BCUT2D eigenvalue weighted by molar-refractivity contribution is 6.40. The SMILES string of the molecule is COc1cc2c(c(Cl)c1C)C(=O)C1(CCCC1)C2=O. The fourth-order valence-corrected chi connectivity index (χ4v) is 3.65. The highest BCUT2D eigenvalue weighted by Gasteiger charge is 2.55. The second-order valence-electron chi connectivity index (χ2n) is 5.39. The molecule has 1 aromatic rings. The molecule has 0 aromatic heterocycles. The third-order valence-corrected chi connectivity index (χ3v) is 4.95. The van der Waals surface area contributed by atoms with E-state index in [0.717, 1.165) is 18.4 Å². The van der Waals surface area contributed by atoms with Crippen LogP contribution in [0.1, 0.15) is 52.0 Å². The summed E-state index contributed by atoms with van der Waals surface area (Å²) in [5.74, 6) is 0.422. The minimum atomic E-state index is -0.829. The number of carbonyl (C=O) groups excluding carboxylic acids is 2. The molecule has 0 N–H and O–H groups in total. The molecule has 3 nitrogen and oxygen atoms in total. The maximum atomic E-state index is 12.7. The molecule has 1 spiro atoms. The van der Waals surface area contributed by atoms with E-state index in [2.05, 4.69) is 0 Å². The number of halogens is 1. The van der Waals surface area contributed by atoms with E-state index < -0.39 is 5.41 Å². The lowest BCUT2D eigenvalue weighted by Gasteiger charge is -2.17. The van der Waals surface area contributed by atoms with E-state index in [1.54, 1.807) is 13.0 Å². The van der Waals surface area contributed by atoms with Crippen molar-refractivity contribution in [2.24, 2.45) is 5.41 Å². The van der Waals surface area contributed by atoms with Gasteiger partial charge in [0.2, 0.25) is 0 Å². The van der Waals surface area contributed by atoms with Crippen molar-refractivity contribution in [1.29, 1.82) is 0 Å². The van der Waals surface area contributed by atoms with Crippen molar-refractivity contribution in [2.75, 3.05) is 7.11 Å². The molecule has 19 heavy (non-hydrogen) atoms. The summed E-state index contributed by atoms with van der Waals surface area (Å²) in [6.45, 7) is 1.80. The Balaban J connectivity index is 2.26. The molecule has 0 aliphatic heterocycles. The van der Waals surface area contributed by atoms with Crippen LogP contribution in [0.3, 0.4) is 0 Å². The normalized spacial score (nSPS) is 20.2. The molecule has 1 saturated carbocycles. The van der Waals surface area contributed by atoms with Crippen molar-refractivity contribution in [3.8, 4) is 5.75 Å². The molecule has 0 amide bonds. The Morgan fingerprint density at radius 3 is 2.42 bits per heavy atom. The fraction of sp³-hybridized carbons (Fsp3) is 0.467. The fourth-order valence-electron chi connectivity index (χ4n) is 3.37. The standard InChI is InChI=1S/C15H15ClO3/c1-8-10(19-2)7-9-11(12(8)16)14(18)15(13(9)17)5-3-4-6-15/h7H,3-6H2,1-2H3. The lowest BCUT2D eigenvalue weighted by molar-refractivity contribution is 0.0706. The summed E-state index contributed by atoms with van der Waals surface area (Å²) < 4.78 is 5.24. The van der Waals surface area contributed by atoms with Gasteiger partial charge in [0.15, 0.2) is 11.6 Å². The molecule has 100 valence electrons. The maximum absolute atomic E-state index is 12.7. The highest BCUT2D eigenvalue weighted by Crippen LogP contribution is 2.51. The molecular formula is C15H15ClO3. The molecule has 0 bridgehead atoms. The molecule has 0 heterocycles. The number of Topliss-reactive ketones (excluding diaryl/α,β-unsaturated/α-hetero) is 2. The van der Waals surface area contributed by atoms with Crippen LogP contribution >= 0.6 is 11.6 Å². The van der Waals surface area contributed by atoms with Gasteiger partial charge in [-0.25, -0.2) is 0 Å². The van der Waals surface area contributed by atoms with Crippen LogP contribution in [0.2, 0.25) is 5.02 Å². The summed E-state index contributed by atoms with van der Waals surface area (Å²) in [4.78, 5) is 25.3. The van der Waals surface area contributed by atoms with Gasteiger partial charge in [-0.05, 0) is 25.8 Å². The number of hydrogen-bond donors (Lipinski definition) is 0. The first-order valence-corrected chi connectivity index (χ1v) is 6.87. The Morgan fingerprint density at radius 1 is 1.21 bits per heavy atom. The Labute approximate surface area is 116 Å². The van der Waals surface area contributed by atoms with E-state index in [9.17, 15) is 9.59 Å². The molecule has 2 aliphatic carbocycles. The minimum absolute atomic E-state index is 0.0646. The van der Waals surface area contributed by atoms with E-state index in [4.69, 9.17) is 16.3 Å². The molecule has 3 rings (SSSR count). The van der Waals surface area contributed by atoms with Crippen LogP contribution in [-0.4, -0.2) is 18.7 Å². The molecule has 0 unspecified atom stereocenters. The Kier molecular flexibility index (Phi) is 2.72. The Morgan fingerprint density at radius 2 is 1.84 bits per heavy atom. The maximum Gasteiger partial charge on any atom is 0.179 e.